The third-order valence-corrected chi connectivity index (χ3v) is 8.23. The molecular weight excluding hydrogens is 356 g/mol. The second kappa shape index (κ2) is 5.98. The molecule has 2 bridgehead atoms. The quantitative estimate of drug-likeness (QED) is 0.587. The molecule has 0 amide bonds. The molecule has 0 saturated heterocycles. The number of aldehydes is 1. The number of benzene rings is 1. The molecule has 4 rings (SSSR count). The van der Waals surface area contributed by atoms with Crippen molar-refractivity contribution in [2.24, 2.45) is 28.6 Å². The van der Waals surface area contributed by atoms with Gasteiger partial charge in [-0.05, 0) is 42.4 Å². The smallest absolute Gasteiger partial charge is 0.170 e. The number of hydrogen-bond donors (Lipinski definition) is 2. The molecule has 0 spiro atoms. The first-order chi connectivity index (χ1) is 13.0. The molecule has 5 nitrogen and oxygen atoms in total. The average molecular weight is 386 g/mol. The molecule has 4 atom stereocenters. The van der Waals surface area contributed by atoms with Crippen LogP contribution in [0.4, 0.5) is 0 Å². The number of Topliss-reactive ketones (excluding diaryl/α,β-unsaturated/α-hetero) is 1. The van der Waals surface area contributed by atoms with Crippen LogP contribution in [0.15, 0.2) is 0 Å². The molecule has 152 valence electrons. The largest absolute Gasteiger partial charge is 0.507 e. The number of ketones is 1. The first-order valence-electron chi connectivity index (χ1n) is 10.3. The fraction of sp³-hybridized carbons (Fsp3) is 0.652. The van der Waals surface area contributed by atoms with Gasteiger partial charge in [0.15, 0.2) is 12.1 Å². The van der Waals surface area contributed by atoms with Gasteiger partial charge in [0, 0.05) is 17.4 Å². The van der Waals surface area contributed by atoms with Crippen LogP contribution in [-0.2, 0) is 6.42 Å². The normalized spacial score (nSPS) is 32.0. The first kappa shape index (κ1) is 19.3. The van der Waals surface area contributed by atoms with E-state index in [9.17, 15) is 19.8 Å². The van der Waals surface area contributed by atoms with Crippen molar-refractivity contribution in [2.45, 2.75) is 66.4 Å². The van der Waals surface area contributed by atoms with Crippen LogP contribution in [0.3, 0.4) is 0 Å². The van der Waals surface area contributed by atoms with Gasteiger partial charge in [0.1, 0.15) is 28.9 Å². The predicted octanol–water partition coefficient (Wildman–Crippen LogP) is 4.51. The Morgan fingerprint density at radius 1 is 1.18 bits per heavy atom. The zero-order valence-corrected chi connectivity index (χ0v) is 17.3. The summed E-state index contributed by atoms with van der Waals surface area (Å²) >= 11 is 0. The molecule has 2 fully saturated rings. The van der Waals surface area contributed by atoms with Crippen LogP contribution >= 0.6 is 0 Å². The number of aromatic hydroxyl groups is 2. The Balaban J connectivity index is 1.89. The predicted molar refractivity (Wildman–Crippen MR) is 105 cm³/mol. The van der Waals surface area contributed by atoms with Gasteiger partial charge < -0.3 is 14.9 Å². The molecule has 2 saturated carbocycles. The zero-order chi connectivity index (χ0) is 20.6. The fourth-order valence-electron chi connectivity index (χ4n) is 6.22. The fourth-order valence-corrected chi connectivity index (χ4v) is 6.22. The van der Waals surface area contributed by atoms with Gasteiger partial charge in [-0.2, -0.15) is 0 Å². The van der Waals surface area contributed by atoms with Crippen LogP contribution in [0.25, 0.3) is 0 Å². The molecule has 1 aliphatic heterocycles. The Morgan fingerprint density at radius 2 is 1.86 bits per heavy atom. The molecule has 0 aromatic heterocycles. The first-order valence-corrected chi connectivity index (χ1v) is 10.3. The summed E-state index contributed by atoms with van der Waals surface area (Å²) in [6, 6.07) is 0. The van der Waals surface area contributed by atoms with E-state index in [2.05, 4.69) is 20.8 Å². The minimum atomic E-state index is -0.454. The van der Waals surface area contributed by atoms with Gasteiger partial charge in [0.2, 0.25) is 0 Å². The van der Waals surface area contributed by atoms with Crippen LogP contribution in [0.2, 0.25) is 0 Å². The van der Waals surface area contributed by atoms with E-state index in [-0.39, 0.29) is 57.7 Å². The second-order valence-corrected chi connectivity index (χ2v) is 10.1. The number of carbonyl (C=O) groups excluding carboxylic acids is 2. The minimum absolute atomic E-state index is 0.00828. The van der Waals surface area contributed by atoms with Gasteiger partial charge >= 0.3 is 0 Å². The summed E-state index contributed by atoms with van der Waals surface area (Å²) in [5, 5.41) is 21.7. The van der Waals surface area contributed by atoms with E-state index < -0.39 is 5.75 Å². The van der Waals surface area contributed by atoms with Crippen molar-refractivity contribution in [3.63, 3.8) is 0 Å². The Hall–Kier alpha value is -2.04. The van der Waals surface area contributed by atoms with Gasteiger partial charge in [0.25, 0.3) is 0 Å². The Morgan fingerprint density at radius 3 is 2.43 bits per heavy atom. The number of hydrogen-bond acceptors (Lipinski definition) is 5. The van der Waals surface area contributed by atoms with Crippen molar-refractivity contribution in [1.82, 2.24) is 0 Å². The van der Waals surface area contributed by atoms with E-state index in [0.717, 1.165) is 12.8 Å². The average Bonchev–Trinajstić information content (AvgIpc) is 2.87. The number of fused-ring (bicyclic) bond motifs is 2. The maximum atomic E-state index is 12.7. The summed E-state index contributed by atoms with van der Waals surface area (Å²) in [4.78, 5) is 24.6. The molecule has 5 heteroatoms. The van der Waals surface area contributed by atoms with Gasteiger partial charge in [-0.15, -0.1) is 0 Å². The number of ether oxygens (including phenoxy) is 1. The lowest BCUT2D eigenvalue weighted by Gasteiger charge is -2.42. The van der Waals surface area contributed by atoms with Gasteiger partial charge in [-0.25, -0.2) is 0 Å². The molecule has 2 N–H and O–H groups in total. The summed E-state index contributed by atoms with van der Waals surface area (Å²) in [7, 11) is 0. The monoisotopic (exact) mass is 386 g/mol. The molecule has 1 heterocycles. The third-order valence-electron chi connectivity index (χ3n) is 8.23. The number of phenols is 2. The highest BCUT2D eigenvalue weighted by Gasteiger charge is 2.68. The summed E-state index contributed by atoms with van der Waals surface area (Å²) in [5.41, 5.74) is 0.377. The summed E-state index contributed by atoms with van der Waals surface area (Å²) in [6.45, 7) is 10.6. The van der Waals surface area contributed by atoms with E-state index in [1.165, 1.54) is 0 Å². The highest BCUT2D eigenvalue weighted by atomic mass is 16.5. The summed E-state index contributed by atoms with van der Waals surface area (Å²) in [6.07, 6.45) is 3.19. The summed E-state index contributed by atoms with van der Waals surface area (Å²) in [5.74, 6) is 0.157. The van der Waals surface area contributed by atoms with E-state index in [1.54, 1.807) is 0 Å². The molecule has 0 radical (unpaired) electrons. The van der Waals surface area contributed by atoms with Crippen LogP contribution < -0.4 is 4.74 Å². The molecule has 1 aromatic rings. The van der Waals surface area contributed by atoms with Crippen molar-refractivity contribution in [3.05, 3.63) is 16.7 Å². The van der Waals surface area contributed by atoms with Gasteiger partial charge in [-0.3, -0.25) is 9.59 Å². The minimum Gasteiger partial charge on any atom is -0.507 e. The SMILES string of the molecule is CC(C)CC(=O)c1c(O)c(C=O)c2c(c1O)CC1CC3CC(O2)C1(C)C3(C)C. The molecule has 1 aromatic carbocycles. The Bertz CT molecular complexity index is 868. The van der Waals surface area contributed by atoms with Crippen LogP contribution in [0.1, 0.15) is 80.2 Å². The van der Waals surface area contributed by atoms with E-state index >= 15 is 0 Å². The van der Waals surface area contributed by atoms with Gasteiger partial charge in [-0.1, -0.05) is 34.6 Å². The van der Waals surface area contributed by atoms with E-state index in [0.29, 0.717) is 30.1 Å². The Labute approximate surface area is 166 Å². The molecule has 28 heavy (non-hydrogen) atoms. The van der Waals surface area contributed by atoms with Gasteiger partial charge in [0.05, 0.1) is 5.56 Å². The lowest BCUT2D eigenvalue weighted by Crippen LogP contribution is -2.43. The summed E-state index contributed by atoms with van der Waals surface area (Å²) < 4.78 is 6.36. The molecule has 3 aliphatic rings. The van der Waals surface area contributed by atoms with Crippen LogP contribution in [0, 0.1) is 28.6 Å². The van der Waals surface area contributed by atoms with E-state index in [1.807, 2.05) is 13.8 Å². The van der Waals surface area contributed by atoms with Crippen molar-refractivity contribution < 1.29 is 24.5 Å². The number of carbonyl (C=O) groups is 2. The Kier molecular flexibility index (Phi) is 4.12. The van der Waals surface area contributed by atoms with Crippen molar-refractivity contribution >= 4 is 12.1 Å². The lowest BCUT2D eigenvalue weighted by atomic mass is 9.64. The highest BCUT2D eigenvalue weighted by molar-refractivity contribution is 6.05. The topological polar surface area (TPSA) is 83.8 Å². The van der Waals surface area contributed by atoms with Crippen molar-refractivity contribution in [2.75, 3.05) is 0 Å². The van der Waals surface area contributed by atoms with Crippen LogP contribution in [0.5, 0.6) is 17.2 Å². The number of rotatable bonds is 4. The standard InChI is InChI=1S/C23H30O5/c1-11(2)6-16(25)18-19(26)14-8-13-7-12-9-17(23(13,5)22(12,3)4)28-21(14)15(10-24)20(18)27/h10-13,17,26-27H,6-9H2,1-5H3. The van der Waals surface area contributed by atoms with E-state index in [4.69, 9.17) is 4.74 Å². The van der Waals surface area contributed by atoms with Crippen molar-refractivity contribution in [1.29, 1.82) is 0 Å². The maximum absolute atomic E-state index is 12.7. The van der Waals surface area contributed by atoms with Crippen molar-refractivity contribution in [3.8, 4) is 17.2 Å². The lowest BCUT2D eigenvalue weighted by molar-refractivity contribution is -0.00105. The molecular formula is C23H30O5. The number of phenolic OH excluding ortho intramolecular Hbond substituents is 2. The third kappa shape index (κ3) is 2.25. The highest BCUT2D eigenvalue weighted by Crippen LogP contribution is 2.71. The molecule has 2 aliphatic carbocycles. The zero-order valence-electron chi connectivity index (χ0n) is 17.3. The van der Waals surface area contributed by atoms with Crippen LogP contribution in [-0.4, -0.2) is 28.4 Å². The molecule has 4 unspecified atom stereocenters. The maximum Gasteiger partial charge on any atom is 0.170 e. The second-order valence-electron chi connectivity index (χ2n) is 10.1.